The molecule has 0 saturated carbocycles. The zero-order valence-corrected chi connectivity index (χ0v) is 16.0. The van der Waals surface area contributed by atoms with Crippen LogP contribution < -0.4 is 0 Å². The maximum atomic E-state index is 5.81. The van der Waals surface area contributed by atoms with Crippen LogP contribution in [-0.2, 0) is 11.3 Å². The lowest BCUT2D eigenvalue weighted by atomic mass is 10.2. The highest BCUT2D eigenvalue weighted by Gasteiger charge is 2.23. The van der Waals surface area contributed by atoms with E-state index in [1.54, 1.807) is 11.3 Å². The van der Waals surface area contributed by atoms with E-state index in [4.69, 9.17) is 4.74 Å². The van der Waals surface area contributed by atoms with Gasteiger partial charge in [0.1, 0.15) is 0 Å². The van der Waals surface area contributed by atoms with Crippen molar-refractivity contribution in [1.82, 2.24) is 19.5 Å². The zero-order chi connectivity index (χ0) is 16.7. The first-order valence-electron chi connectivity index (χ1n) is 8.05. The van der Waals surface area contributed by atoms with Gasteiger partial charge in [-0.25, -0.2) is 0 Å². The van der Waals surface area contributed by atoms with Gasteiger partial charge in [-0.1, -0.05) is 39.4 Å². The normalized spacial score (nSPS) is 22.3. The molecule has 0 radical (unpaired) electrons. The molecule has 1 fully saturated rings. The van der Waals surface area contributed by atoms with Crippen LogP contribution in [0.4, 0.5) is 0 Å². The lowest BCUT2D eigenvalue weighted by molar-refractivity contribution is -0.0702. The van der Waals surface area contributed by atoms with Crippen LogP contribution in [0.1, 0.15) is 18.7 Å². The largest absolute Gasteiger partial charge is 0.373 e. The monoisotopic (exact) mass is 406 g/mol. The summed E-state index contributed by atoms with van der Waals surface area (Å²) in [4.78, 5) is 4.70. The number of fused-ring (bicyclic) bond motifs is 1. The van der Waals surface area contributed by atoms with Crippen molar-refractivity contribution in [3.05, 3.63) is 39.8 Å². The Balaban J connectivity index is 1.59. The number of halogens is 1. The molecule has 1 aromatic carbocycles. The predicted molar refractivity (Wildman–Crippen MR) is 99.3 cm³/mol. The maximum Gasteiger partial charge on any atom is 0.216 e. The number of aromatic nitrogens is 3. The highest BCUT2D eigenvalue weighted by atomic mass is 79.9. The molecule has 24 heavy (non-hydrogen) atoms. The van der Waals surface area contributed by atoms with Crippen LogP contribution in [0.15, 0.2) is 34.9 Å². The lowest BCUT2D eigenvalue weighted by Crippen LogP contribution is -2.44. The Hall–Kier alpha value is -1.28. The number of benzene rings is 1. The second-order valence-corrected chi connectivity index (χ2v) is 8.34. The summed E-state index contributed by atoms with van der Waals surface area (Å²) in [5, 5.41) is 8.68. The first-order valence-corrected chi connectivity index (χ1v) is 9.66. The minimum atomic E-state index is 0.290. The zero-order valence-electron chi connectivity index (χ0n) is 13.6. The fourth-order valence-corrected chi connectivity index (χ4v) is 4.48. The minimum absolute atomic E-state index is 0.290. The van der Waals surface area contributed by atoms with Gasteiger partial charge in [0.2, 0.25) is 4.96 Å². The van der Waals surface area contributed by atoms with E-state index in [1.807, 2.05) is 12.1 Å². The molecule has 2 aromatic heterocycles. The van der Waals surface area contributed by atoms with Crippen molar-refractivity contribution in [2.75, 3.05) is 13.1 Å². The smallest absolute Gasteiger partial charge is 0.216 e. The van der Waals surface area contributed by atoms with Crippen LogP contribution in [0, 0.1) is 0 Å². The van der Waals surface area contributed by atoms with Crippen LogP contribution >= 0.6 is 27.3 Å². The highest BCUT2D eigenvalue weighted by molar-refractivity contribution is 9.10. The van der Waals surface area contributed by atoms with E-state index in [0.717, 1.165) is 40.5 Å². The first-order chi connectivity index (χ1) is 11.6. The third-order valence-corrected chi connectivity index (χ3v) is 5.62. The Labute approximate surface area is 153 Å². The number of rotatable bonds is 3. The van der Waals surface area contributed by atoms with E-state index in [-0.39, 0.29) is 12.2 Å². The molecule has 0 aliphatic carbocycles. The van der Waals surface area contributed by atoms with Gasteiger partial charge in [-0.15, -0.1) is 10.2 Å². The summed E-state index contributed by atoms with van der Waals surface area (Å²) in [6.07, 6.45) is 2.75. The molecule has 2 atom stereocenters. The van der Waals surface area contributed by atoms with E-state index in [1.165, 1.54) is 4.88 Å². The fourth-order valence-electron chi connectivity index (χ4n) is 3.25. The predicted octanol–water partition coefficient (Wildman–Crippen LogP) is 3.83. The van der Waals surface area contributed by atoms with Gasteiger partial charge >= 0.3 is 0 Å². The Kier molecular flexibility index (Phi) is 4.42. The number of hydrogen-bond donors (Lipinski definition) is 0. The van der Waals surface area contributed by atoms with Crippen LogP contribution in [0.2, 0.25) is 0 Å². The lowest BCUT2D eigenvalue weighted by Gasteiger charge is -2.34. The quantitative estimate of drug-likeness (QED) is 0.662. The molecule has 4 rings (SSSR count). The summed E-state index contributed by atoms with van der Waals surface area (Å²) in [5.74, 6) is 0.892. The van der Waals surface area contributed by atoms with Gasteiger partial charge in [0.25, 0.3) is 0 Å². The summed E-state index contributed by atoms with van der Waals surface area (Å²) in [6.45, 7) is 7.16. The molecule has 126 valence electrons. The van der Waals surface area contributed by atoms with Crippen molar-refractivity contribution in [3.8, 4) is 11.4 Å². The average Bonchev–Trinajstić information content (AvgIpc) is 3.07. The third-order valence-electron chi connectivity index (χ3n) is 4.14. The summed E-state index contributed by atoms with van der Waals surface area (Å²) < 4.78 is 8.97. The fraction of sp³-hybridized carbons (Fsp3) is 0.412. The summed E-state index contributed by atoms with van der Waals surface area (Å²) in [7, 11) is 0. The molecule has 3 heterocycles. The van der Waals surface area contributed by atoms with Crippen LogP contribution in [0.25, 0.3) is 16.3 Å². The van der Waals surface area contributed by atoms with E-state index >= 15 is 0 Å². The molecular weight excluding hydrogens is 388 g/mol. The van der Waals surface area contributed by atoms with Gasteiger partial charge in [0, 0.05) is 40.7 Å². The molecule has 1 saturated heterocycles. The average molecular weight is 407 g/mol. The van der Waals surface area contributed by atoms with E-state index < -0.39 is 0 Å². The van der Waals surface area contributed by atoms with Crippen molar-refractivity contribution in [1.29, 1.82) is 0 Å². The maximum absolute atomic E-state index is 5.81. The number of morpholine rings is 1. The Morgan fingerprint density at radius 2 is 1.88 bits per heavy atom. The molecular formula is C17H19BrN4OS. The topological polar surface area (TPSA) is 42.7 Å². The van der Waals surface area contributed by atoms with Crippen molar-refractivity contribution >= 4 is 32.2 Å². The van der Waals surface area contributed by atoms with Crippen molar-refractivity contribution in [2.24, 2.45) is 0 Å². The van der Waals surface area contributed by atoms with Crippen molar-refractivity contribution in [3.63, 3.8) is 0 Å². The van der Waals surface area contributed by atoms with Crippen LogP contribution in [0.5, 0.6) is 0 Å². The second-order valence-electron chi connectivity index (χ2n) is 6.33. The molecule has 0 spiro atoms. The number of nitrogens with zero attached hydrogens (tertiary/aromatic N) is 4. The molecule has 1 aliphatic heterocycles. The molecule has 0 amide bonds. The molecule has 5 nitrogen and oxygen atoms in total. The second kappa shape index (κ2) is 6.55. The van der Waals surface area contributed by atoms with Crippen LogP contribution in [0.3, 0.4) is 0 Å². The minimum Gasteiger partial charge on any atom is -0.373 e. The van der Waals surface area contributed by atoms with Gasteiger partial charge < -0.3 is 4.74 Å². The van der Waals surface area contributed by atoms with Crippen LogP contribution in [-0.4, -0.2) is 44.8 Å². The highest BCUT2D eigenvalue weighted by Crippen LogP contribution is 2.26. The Morgan fingerprint density at radius 3 is 2.58 bits per heavy atom. The van der Waals surface area contributed by atoms with Crippen molar-refractivity contribution < 1.29 is 4.74 Å². The van der Waals surface area contributed by atoms with E-state index in [9.17, 15) is 0 Å². The Morgan fingerprint density at radius 1 is 1.17 bits per heavy atom. The summed E-state index contributed by atoms with van der Waals surface area (Å²) in [6, 6.07) is 8.17. The van der Waals surface area contributed by atoms with E-state index in [2.05, 4.69) is 67.6 Å². The molecule has 0 bridgehead atoms. The third kappa shape index (κ3) is 3.26. The van der Waals surface area contributed by atoms with Gasteiger partial charge in [0.15, 0.2) is 5.82 Å². The number of ether oxygens (including phenoxy) is 1. The van der Waals surface area contributed by atoms with Gasteiger partial charge in [0.05, 0.1) is 12.2 Å². The summed E-state index contributed by atoms with van der Waals surface area (Å²) >= 11 is 5.18. The van der Waals surface area contributed by atoms with Gasteiger partial charge in [-0.3, -0.25) is 9.30 Å². The molecule has 1 aliphatic rings. The van der Waals surface area contributed by atoms with Crippen molar-refractivity contribution in [2.45, 2.75) is 32.6 Å². The first kappa shape index (κ1) is 16.2. The SMILES string of the molecule is C[C@@H]1CN(Cc2cn3c(-c4ccc(Br)cc4)nnc3s2)C[C@H](C)O1. The van der Waals surface area contributed by atoms with Gasteiger partial charge in [-0.05, 0) is 26.0 Å². The molecule has 0 N–H and O–H groups in total. The number of thiazole rings is 1. The standard InChI is InChI=1S/C17H19BrN4OS/c1-11-7-21(8-12(2)23-11)9-15-10-22-16(19-20-17(22)24-15)13-3-5-14(18)6-4-13/h3-6,10-12H,7-9H2,1-2H3/t11-,12+. The molecule has 7 heteroatoms. The number of hydrogen-bond acceptors (Lipinski definition) is 5. The summed E-state index contributed by atoms with van der Waals surface area (Å²) in [5.41, 5.74) is 1.07. The Bertz CT molecular complexity index is 834. The molecule has 3 aromatic rings. The van der Waals surface area contributed by atoms with Gasteiger partial charge in [-0.2, -0.15) is 0 Å². The van der Waals surface area contributed by atoms with E-state index in [0.29, 0.717) is 0 Å². The molecule has 0 unspecified atom stereocenters.